The summed E-state index contributed by atoms with van der Waals surface area (Å²) in [5.41, 5.74) is 5.65. The maximum atomic E-state index is 12.4. The third kappa shape index (κ3) is 2.91. The van der Waals surface area contributed by atoms with E-state index >= 15 is 0 Å². The van der Waals surface area contributed by atoms with E-state index in [1.807, 2.05) is 0 Å². The van der Waals surface area contributed by atoms with Crippen LogP contribution in [-0.2, 0) is 9.53 Å². The summed E-state index contributed by atoms with van der Waals surface area (Å²) in [4.78, 5) is 14.9. The fraction of sp³-hybridized carbons (Fsp3) is 0.941. The maximum absolute atomic E-state index is 12.4. The Labute approximate surface area is 133 Å². The minimum atomic E-state index is -0.297. The third-order valence-corrected chi connectivity index (χ3v) is 6.37. The van der Waals surface area contributed by atoms with Crippen LogP contribution < -0.4 is 11.1 Å². The number of nitrogens with one attached hydrogen (secondary N) is 1. The van der Waals surface area contributed by atoms with Gasteiger partial charge in [-0.05, 0) is 37.5 Å². The standard InChI is InChI=1S/C17H31N3O2/c1-13-4-2-3-6-17(13,16(18)21)14-5-11-22-15(12-14)20-9-7-19-8-10-20/h13-15,19H,2-12H2,1H3,(H2,18,21). The van der Waals surface area contributed by atoms with E-state index in [1.165, 1.54) is 6.42 Å². The van der Waals surface area contributed by atoms with Crippen molar-refractivity contribution in [3.8, 4) is 0 Å². The van der Waals surface area contributed by atoms with Gasteiger partial charge in [-0.1, -0.05) is 19.8 Å². The number of ether oxygens (including phenoxy) is 1. The zero-order valence-corrected chi connectivity index (χ0v) is 13.9. The van der Waals surface area contributed by atoms with Crippen molar-refractivity contribution in [3.63, 3.8) is 0 Å². The summed E-state index contributed by atoms with van der Waals surface area (Å²) in [5.74, 6) is 0.727. The Balaban J connectivity index is 1.75. The number of rotatable bonds is 3. The second-order valence-corrected chi connectivity index (χ2v) is 7.38. The second kappa shape index (κ2) is 6.85. The minimum absolute atomic E-state index is 0.0642. The molecular formula is C17H31N3O2. The fourth-order valence-electron chi connectivity index (χ4n) is 5.01. The zero-order chi connectivity index (χ0) is 15.6. The summed E-state index contributed by atoms with van der Waals surface area (Å²) in [6.45, 7) is 7.14. The van der Waals surface area contributed by atoms with Gasteiger partial charge < -0.3 is 15.8 Å². The van der Waals surface area contributed by atoms with E-state index in [1.54, 1.807) is 0 Å². The van der Waals surface area contributed by atoms with Crippen LogP contribution >= 0.6 is 0 Å². The molecule has 0 aromatic heterocycles. The molecule has 2 heterocycles. The van der Waals surface area contributed by atoms with E-state index in [0.717, 1.165) is 64.9 Å². The van der Waals surface area contributed by atoms with Crippen molar-refractivity contribution in [3.05, 3.63) is 0 Å². The summed E-state index contributed by atoms with van der Waals surface area (Å²) in [6.07, 6.45) is 6.61. The van der Waals surface area contributed by atoms with Crippen molar-refractivity contribution in [2.75, 3.05) is 32.8 Å². The molecule has 1 aliphatic carbocycles. The average molecular weight is 309 g/mol. The quantitative estimate of drug-likeness (QED) is 0.825. The van der Waals surface area contributed by atoms with Crippen molar-refractivity contribution < 1.29 is 9.53 Å². The van der Waals surface area contributed by atoms with Gasteiger partial charge in [0.1, 0.15) is 6.23 Å². The van der Waals surface area contributed by atoms with Crippen LogP contribution in [0, 0.1) is 17.3 Å². The Bertz CT molecular complexity index is 397. The molecule has 2 aliphatic heterocycles. The summed E-state index contributed by atoms with van der Waals surface area (Å²) in [7, 11) is 0. The number of piperazine rings is 1. The van der Waals surface area contributed by atoms with Gasteiger partial charge in [-0.3, -0.25) is 9.69 Å². The number of hydrogen-bond donors (Lipinski definition) is 2. The number of hydrogen-bond acceptors (Lipinski definition) is 4. The molecule has 3 N–H and O–H groups in total. The van der Waals surface area contributed by atoms with Crippen LogP contribution in [0.2, 0.25) is 0 Å². The lowest BCUT2D eigenvalue weighted by molar-refractivity contribution is -0.156. The number of amides is 1. The lowest BCUT2D eigenvalue weighted by Gasteiger charge is -2.50. The maximum Gasteiger partial charge on any atom is 0.224 e. The molecule has 0 radical (unpaired) electrons. The molecule has 1 saturated carbocycles. The van der Waals surface area contributed by atoms with Crippen molar-refractivity contribution >= 4 is 5.91 Å². The second-order valence-electron chi connectivity index (χ2n) is 7.38. The molecule has 0 aromatic rings. The van der Waals surface area contributed by atoms with Crippen LogP contribution in [0.1, 0.15) is 45.4 Å². The van der Waals surface area contributed by atoms with E-state index in [2.05, 4.69) is 17.1 Å². The first-order valence-corrected chi connectivity index (χ1v) is 9.01. The van der Waals surface area contributed by atoms with E-state index in [9.17, 15) is 4.79 Å². The summed E-state index contributed by atoms with van der Waals surface area (Å²) >= 11 is 0. The highest BCUT2D eigenvalue weighted by molar-refractivity contribution is 5.81. The molecule has 0 bridgehead atoms. The monoisotopic (exact) mass is 309 g/mol. The molecule has 3 fully saturated rings. The van der Waals surface area contributed by atoms with Crippen LogP contribution in [0.25, 0.3) is 0 Å². The van der Waals surface area contributed by atoms with Gasteiger partial charge >= 0.3 is 0 Å². The summed E-state index contributed by atoms with van der Waals surface area (Å²) in [5, 5.41) is 3.39. The molecule has 3 rings (SSSR count). The molecule has 5 nitrogen and oxygen atoms in total. The average Bonchev–Trinajstić information content (AvgIpc) is 2.56. The van der Waals surface area contributed by atoms with Crippen molar-refractivity contribution in [2.24, 2.45) is 23.0 Å². The molecule has 0 spiro atoms. The van der Waals surface area contributed by atoms with Crippen LogP contribution in [0.15, 0.2) is 0 Å². The van der Waals surface area contributed by atoms with E-state index in [-0.39, 0.29) is 17.6 Å². The molecule has 1 amide bonds. The Morgan fingerprint density at radius 3 is 2.73 bits per heavy atom. The molecule has 4 atom stereocenters. The highest BCUT2D eigenvalue weighted by atomic mass is 16.5. The zero-order valence-electron chi connectivity index (χ0n) is 13.9. The Morgan fingerprint density at radius 1 is 1.27 bits per heavy atom. The third-order valence-electron chi connectivity index (χ3n) is 6.37. The molecule has 5 heteroatoms. The first-order chi connectivity index (χ1) is 10.6. The van der Waals surface area contributed by atoms with Gasteiger partial charge in [0.15, 0.2) is 0 Å². The predicted molar refractivity (Wildman–Crippen MR) is 86.2 cm³/mol. The first-order valence-electron chi connectivity index (χ1n) is 9.01. The molecule has 22 heavy (non-hydrogen) atoms. The lowest BCUT2D eigenvalue weighted by Crippen LogP contribution is -2.56. The number of carbonyl (C=O) groups excluding carboxylic acids is 1. The van der Waals surface area contributed by atoms with Gasteiger partial charge in [0, 0.05) is 32.8 Å². The van der Waals surface area contributed by atoms with Crippen molar-refractivity contribution in [1.82, 2.24) is 10.2 Å². The smallest absolute Gasteiger partial charge is 0.224 e. The Kier molecular flexibility index (Phi) is 5.05. The van der Waals surface area contributed by atoms with Crippen LogP contribution in [0.4, 0.5) is 0 Å². The van der Waals surface area contributed by atoms with Crippen molar-refractivity contribution in [1.29, 1.82) is 0 Å². The SMILES string of the molecule is CC1CCCCC1(C(N)=O)C1CCOC(N2CCNCC2)C1. The summed E-state index contributed by atoms with van der Waals surface area (Å²) < 4.78 is 6.04. The lowest BCUT2D eigenvalue weighted by atomic mass is 9.57. The predicted octanol–water partition coefficient (Wildman–Crippen LogP) is 1.33. The first kappa shape index (κ1) is 16.2. The topological polar surface area (TPSA) is 67.6 Å². The number of nitrogens with two attached hydrogens (primary N) is 1. The fourth-order valence-corrected chi connectivity index (χ4v) is 5.01. The summed E-state index contributed by atoms with van der Waals surface area (Å²) in [6, 6.07) is 0. The highest BCUT2D eigenvalue weighted by Crippen LogP contribution is 2.50. The molecule has 3 aliphatic rings. The van der Waals surface area contributed by atoms with Crippen LogP contribution in [0.3, 0.4) is 0 Å². The molecular weight excluding hydrogens is 278 g/mol. The van der Waals surface area contributed by atoms with Gasteiger partial charge in [-0.25, -0.2) is 0 Å². The normalized spacial score (nSPS) is 41.2. The van der Waals surface area contributed by atoms with Gasteiger partial charge in [0.05, 0.1) is 5.41 Å². The Hall–Kier alpha value is -0.650. The van der Waals surface area contributed by atoms with Gasteiger partial charge in [-0.15, -0.1) is 0 Å². The van der Waals surface area contributed by atoms with E-state index in [0.29, 0.717) is 11.8 Å². The van der Waals surface area contributed by atoms with Gasteiger partial charge in [-0.2, -0.15) is 0 Å². The van der Waals surface area contributed by atoms with Crippen LogP contribution in [-0.4, -0.2) is 49.8 Å². The van der Waals surface area contributed by atoms with Crippen molar-refractivity contribution in [2.45, 2.75) is 51.7 Å². The van der Waals surface area contributed by atoms with E-state index in [4.69, 9.17) is 10.5 Å². The minimum Gasteiger partial charge on any atom is -0.369 e. The van der Waals surface area contributed by atoms with Crippen LogP contribution in [0.5, 0.6) is 0 Å². The largest absolute Gasteiger partial charge is 0.369 e. The van der Waals surface area contributed by atoms with Gasteiger partial charge in [0.2, 0.25) is 5.91 Å². The number of carbonyl (C=O) groups is 1. The molecule has 2 saturated heterocycles. The molecule has 126 valence electrons. The number of nitrogens with zero attached hydrogens (tertiary/aromatic N) is 1. The molecule has 0 aromatic carbocycles. The Morgan fingerprint density at radius 2 is 2.05 bits per heavy atom. The molecule has 4 unspecified atom stereocenters. The highest BCUT2D eigenvalue weighted by Gasteiger charge is 2.51. The van der Waals surface area contributed by atoms with Gasteiger partial charge in [0.25, 0.3) is 0 Å². The van der Waals surface area contributed by atoms with E-state index < -0.39 is 0 Å². The number of primary amides is 1.